The third kappa shape index (κ3) is 2.86. The van der Waals surface area contributed by atoms with Crippen molar-refractivity contribution < 1.29 is 14.6 Å². The first-order chi connectivity index (χ1) is 9.72. The number of hydrogen-bond acceptors (Lipinski definition) is 7. The van der Waals surface area contributed by atoms with Gasteiger partial charge in [0.15, 0.2) is 10.5 Å². The number of morpholine rings is 1. The molecule has 0 spiro atoms. The average Bonchev–Trinajstić information content (AvgIpc) is 2.88. The van der Waals surface area contributed by atoms with Crippen LogP contribution in [-0.4, -0.2) is 52.3 Å². The lowest BCUT2D eigenvalue weighted by Gasteiger charge is -2.27. The standard InChI is InChI=1S/C12H14N4O3S/c17-10(18)2-1-9-15-11-12(20-9)14-8(7-13-11)16-3-5-19-6-4-16/h7H,1-6H2,(H,17,18). The summed E-state index contributed by atoms with van der Waals surface area (Å²) in [6.07, 6.45) is 2.22. The highest BCUT2D eigenvalue weighted by Crippen LogP contribution is 2.22. The minimum absolute atomic E-state index is 0.0795. The molecule has 1 aliphatic rings. The monoisotopic (exact) mass is 294 g/mol. The van der Waals surface area contributed by atoms with E-state index in [0.717, 1.165) is 28.7 Å². The molecule has 0 aromatic carbocycles. The van der Waals surface area contributed by atoms with Crippen molar-refractivity contribution in [2.24, 2.45) is 0 Å². The number of aromatic nitrogens is 3. The predicted molar refractivity (Wildman–Crippen MR) is 74.2 cm³/mol. The number of anilines is 1. The van der Waals surface area contributed by atoms with Gasteiger partial charge in [0, 0.05) is 19.5 Å². The molecule has 2 aromatic rings. The van der Waals surface area contributed by atoms with E-state index in [2.05, 4.69) is 19.9 Å². The second-order valence-electron chi connectivity index (χ2n) is 4.46. The molecular weight excluding hydrogens is 280 g/mol. The zero-order valence-corrected chi connectivity index (χ0v) is 11.6. The topological polar surface area (TPSA) is 88.4 Å². The Balaban J connectivity index is 1.81. The van der Waals surface area contributed by atoms with Crippen LogP contribution in [0.1, 0.15) is 11.4 Å². The molecule has 0 radical (unpaired) electrons. The summed E-state index contributed by atoms with van der Waals surface area (Å²) in [5, 5.41) is 9.46. The number of carboxylic acids is 1. The minimum atomic E-state index is -0.820. The number of nitrogens with zero attached hydrogens (tertiary/aromatic N) is 4. The smallest absolute Gasteiger partial charge is 0.303 e. The van der Waals surface area contributed by atoms with Crippen LogP contribution in [0.25, 0.3) is 10.5 Å². The summed E-state index contributed by atoms with van der Waals surface area (Å²) >= 11 is 1.41. The normalized spacial score (nSPS) is 15.7. The zero-order chi connectivity index (χ0) is 13.9. The molecule has 2 aromatic heterocycles. The Morgan fingerprint density at radius 3 is 2.95 bits per heavy atom. The van der Waals surface area contributed by atoms with E-state index < -0.39 is 5.97 Å². The van der Waals surface area contributed by atoms with E-state index in [4.69, 9.17) is 9.84 Å². The maximum atomic E-state index is 10.6. The predicted octanol–water partition coefficient (Wildman–Crippen LogP) is 0.940. The maximum Gasteiger partial charge on any atom is 0.303 e. The van der Waals surface area contributed by atoms with Crippen molar-refractivity contribution in [3.05, 3.63) is 11.2 Å². The number of ether oxygens (including phenoxy) is 1. The Kier molecular flexibility index (Phi) is 3.75. The van der Waals surface area contributed by atoms with Crippen molar-refractivity contribution in [2.75, 3.05) is 31.2 Å². The molecule has 1 fully saturated rings. The van der Waals surface area contributed by atoms with E-state index in [1.54, 1.807) is 6.20 Å². The van der Waals surface area contributed by atoms with Gasteiger partial charge in [0.05, 0.1) is 30.8 Å². The van der Waals surface area contributed by atoms with Crippen molar-refractivity contribution in [1.82, 2.24) is 15.0 Å². The quantitative estimate of drug-likeness (QED) is 0.897. The molecule has 8 heteroatoms. The fourth-order valence-corrected chi connectivity index (χ4v) is 2.91. The maximum absolute atomic E-state index is 10.6. The zero-order valence-electron chi connectivity index (χ0n) is 10.8. The summed E-state index contributed by atoms with van der Waals surface area (Å²) in [4.78, 5) is 26.6. The molecule has 0 amide bonds. The van der Waals surface area contributed by atoms with E-state index in [9.17, 15) is 4.79 Å². The average molecular weight is 294 g/mol. The van der Waals surface area contributed by atoms with Crippen LogP contribution in [0.4, 0.5) is 5.82 Å². The Bertz CT molecular complexity index is 624. The van der Waals surface area contributed by atoms with Gasteiger partial charge < -0.3 is 14.7 Å². The fourth-order valence-electron chi connectivity index (χ4n) is 2.02. The molecule has 0 unspecified atom stereocenters. The van der Waals surface area contributed by atoms with Crippen molar-refractivity contribution in [1.29, 1.82) is 0 Å². The minimum Gasteiger partial charge on any atom is -0.481 e. The molecule has 7 nitrogen and oxygen atoms in total. The van der Waals surface area contributed by atoms with Gasteiger partial charge in [-0.25, -0.2) is 15.0 Å². The van der Waals surface area contributed by atoms with Crippen LogP contribution in [0.5, 0.6) is 0 Å². The number of aliphatic carboxylic acids is 1. The van der Waals surface area contributed by atoms with E-state index >= 15 is 0 Å². The highest BCUT2D eigenvalue weighted by Gasteiger charge is 2.15. The largest absolute Gasteiger partial charge is 0.481 e. The van der Waals surface area contributed by atoms with Crippen LogP contribution in [-0.2, 0) is 16.0 Å². The van der Waals surface area contributed by atoms with Crippen molar-refractivity contribution in [3.8, 4) is 0 Å². The van der Waals surface area contributed by atoms with E-state index in [1.807, 2.05) is 0 Å². The van der Waals surface area contributed by atoms with Gasteiger partial charge in [-0.3, -0.25) is 4.79 Å². The summed E-state index contributed by atoms with van der Waals surface area (Å²) in [6, 6.07) is 0. The molecule has 1 saturated heterocycles. The fraction of sp³-hybridized carbons (Fsp3) is 0.500. The van der Waals surface area contributed by atoms with Gasteiger partial charge in [0.25, 0.3) is 0 Å². The molecular formula is C12H14N4O3S. The van der Waals surface area contributed by atoms with Gasteiger partial charge in [0.2, 0.25) is 0 Å². The van der Waals surface area contributed by atoms with Crippen molar-refractivity contribution >= 4 is 33.6 Å². The van der Waals surface area contributed by atoms with E-state index in [1.165, 1.54) is 11.3 Å². The third-order valence-corrected chi connectivity index (χ3v) is 4.04. The van der Waals surface area contributed by atoms with Gasteiger partial charge in [-0.05, 0) is 0 Å². The highest BCUT2D eigenvalue weighted by molar-refractivity contribution is 7.18. The van der Waals surface area contributed by atoms with Crippen molar-refractivity contribution in [2.45, 2.75) is 12.8 Å². The van der Waals surface area contributed by atoms with Gasteiger partial charge >= 0.3 is 5.97 Å². The van der Waals surface area contributed by atoms with Crippen LogP contribution >= 0.6 is 11.3 Å². The lowest BCUT2D eigenvalue weighted by Crippen LogP contribution is -2.36. The van der Waals surface area contributed by atoms with Gasteiger partial charge in [-0.2, -0.15) is 0 Å². The molecule has 20 heavy (non-hydrogen) atoms. The number of carboxylic acid groups (broad SMARTS) is 1. The van der Waals surface area contributed by atoms with Crippen LogP contribution < -0.4 is 4.90 Å². The first-order valence-corrected chi connectivity index (χ1v) is 7.21. The molecule has 0 bridgehead atoms. The summed E-state index contributed by atoms with van der Waals surface area (Å²) in [7, 11) is 0. The summed E-state index contributed by atoms with van der Waals surface area (Å²) in [5.74, 6) is 0.00779. The number of aryl methyl sites for hydroxylation is 1. The van der Waals surface area contributed by atoms with E-state index in [-0.39, 0.29) is 6.42 Å². The Labute approximate surface area is 119 Å². The molecule has 3 heterocycles. The summed E-state index contributed by atoms with van der Waals surface area (Å²) in [6.45, 7) is 3.02. The SMILES string of the molecule is O=C(O)CCc1nc2ncc(N3CCOCC3)nc2s1. The Morgan fingerprint density at radius 2 is 2.20 bits per heavy atom. The first-order valence-electron chi connectivity index (χ1n) is 6.39. The second-order valence-corrected chi connectivity index (χ2v) is 5.52. The number of carbonyl (C=O) groups is 1. The van der Waals surface area contributed by atoms with Gasteiger partial charge in [-0.15, -0.1) is 0 Å². The molecule has 0 aliphatic carbocycles. The van der Waals surface area contributed by atoms with Crippen LogP contribution in [0.3, 0.4) is 0 Å². The molecule has 1 aliphatic heterocycles. The second kappa shape index (κ2) is 5.68. The lowest BCUT2D eigenvalue weighted by atomic mass is 10.3. The number of rotatable bonds is 4. The van der Waals surface area contributed by atoms with Gasteiger partial charge in [-0.1, -0.05) is 11.3 Å². The molecule has 0 saturated carbocycles. The third-order valence-electron chi connectivity index (χ3n) is 3.04. The Morgan fingerprint density at radius 1 is 1.40 bits per heavy atom. The number of thiazole rings is 1. The van der Waals surface area contributed by atoms with E-state index in [0.29, 0.717) is 25.3 Å². The van der Waals surface area contributed by atoms with Crippen LogP contribution in [0.15, 0.2) is 6.20 Å². The number of fused-ring (bicyclic) bond motifs is 1. The van der Waals surface area contributed by atoms with Crippen LogP contribution in [0, 0.1) is 0 Å². The molecule has 1 N–H and O–H groups in total. The molecule has 0 atom stereocenters. The Hall–Kier alpha value is -1.80. The van der Waals surface area contributed by atoms with Crippen molar-refractivity contribution in [3.63, 3.8) is 0 Å². The highest BCUT2D eigenvalue weighted by atomic mass is 32.1. The molecule has 3 rings (SSSR count). The van der Waals surface area contributed by atoms with Crippen LogP contribution in [0.2, 0.25) is 0 Å². The lowest BCUT2D eigenvalue weighted by molar-refractivity contribution is -0.136. The number of hydrogen-bond donors (Lipinski definition) is 1. The van der Waals surface area contributed by atoms with Gasteiger partial charge in [0.1, 0.15) is 5.82 Å². The first kappa shape index (κ1) is 13.2. The summed E-state index contributed by atoms with van der Waals surface area (Å²) < 4.78 is 5.31. The molecule has 106 valence electrons. The summed E-state index contributed by atoms with van der Waals surface area (Å²) in [5.41, 5.74) is 0.590.